The van der Waals surface area contributed by atoms with E-state index in [4.69, 9.17) is 11.6 Å². The van der Waals surface area contributed by atoms with Gasteiger partial charge in [-0.05, 0) is 58.4 Å². The summed E-state index contributed by atoms with van der Waals surface area (Å²) in [7, 11) is 0. The molecule has 0 saturated carbocycles. The van der Waals surface area contributed by atoms with Gasteiger partial charge in [0.1, 0.15) is 0 Å². The summed E-state index contributed by atoms with van der Waals surface area (Å²) in [6, 6.07) is 14.4. The summed E-state index contributed by atoms with van der Waals surface area (Å²) in [5.41, 5.74) is 2.13. The number of carbonyl (C=O) groups is 1. The summed E-state index contributed by atoms with van der Waals surface area (Å²) in [6.45, 7) is 0. The molecule has 0 fully saturated rings. The van der Waals surface area contributed by atoms with Gasteiger partial charge in [0.05, 0.1) is 10.5 Å². The average molecular weight is 362 g/mol. The number of aromatic nitrogens is 1. The standard InChI is InChI=1S/C16H10BrClN2O/c17-13-9-12(4-5-14(13)18)20-16(21)11-3-6-15-10(8-11)2-1-7-19-15/h1-9H,(H,20,21). The first-order valence-corrected chi connectivity index (χ1v) is 7.42. The van der Waals surface area contributed by atoms with Crippen LogP contribution < -0.4 is 5.32 Å². The summed E-state index contributed by atoms with van der Waals surface area (Å²) >= 11 is 9.27. The van der Waals surface area contributed by atoms with Crippen molar-refractivity contribution in [1.29, 1.82) is 0 Å². The smallest absolute Gasteiger partial charge is 0.255 e. The van der Waals surface area contributed by atoms with E-state index in [1.165, 1.54) is 0 Å². The zero-order chi connectivity index (χ0) is 14.8. The van der Waals surface area contributed by atoms with E-state index in [9.17, 15) is 4.79 Å². The molecule has 0 aliphatic heterocycles. The van der Waals surface area contributed by atoms with Crippen LogP contribution in [0, 0.1) is 0 Å². The Hall–Kier alpha value is -1.91. The summed E-state index contributed by atoms with van der Waals surface area (Å²) in [5.74, 6) is -0.171. The van der Waals surface area contributed by atoms with E-state index < -0.39 is 0 Å². The molecule has 1 N–H and O–H groups in total. The van der Waals surface area contributed by atoms with Crippen molar-refractivity contribution in [2.24, 2.45) is 0 Å². The number of nitrogens with one attached hydrogen (secondary N) is 1. The lowest BCUT2D eigenvalue weighted by molar-refractivity contribution is 0.102. The van der Waals surface area contributed by atoms with Crippen molar-refractivity contribution in [3.8, 4) is 0 Å². The van der Waals surface area contributed by atoms with Crippen molar-refractivity contribution >= 4 is 50.0 Å². The Bertz CT molecular complexity index is 835. The second-order valence-corrected chi connectivity index (χ2v) is 5.76. The molecule has 0 saturated heterocycles. The third-order valence-electron chi connectivity index (χ3n) is 3.04. The molecule has 0 radical (unpaired) electrons. The molecule has 3 aromatic rings. The van der Waals surface area contributed by atoms with Gasteiger partial charge in [-0.1, -0.05) is 17.7 Å². The highest BCUT2D eigenvalue weighted by Gasteiger charge is 2.08. The van der Waals surface area contributed by atoms with Crippen LogP contribution in [-0.2, 0) is 0 Å². The number of carbonyl (C=O) groups excluding carboxylic acids is 1. The minimum atomic E-state index is -0.171. The van der Waals surface area contributed by atoms with E-state index >= 15 is 0 Å². The van der Waals surface area contributed by atoms with E-state index in [1.54, 1.807) is 30.5 Å². The van der Waals surface area contributed by atoms with Crippen molar-refractivity contribution in [2.45, 2.75) is 0 Å². The number of amides is 1. The number of rotatable bonds is 2. The first-order chi connectivity index (χ1) is 10.1. The molecule has 0 aliphatic rings. The van der Waals surface area contributed by atoms with Crippen LogP contribution in [0.15, 0.2) is 59.2 Å². The van der Waals surface area contributed by atoms with E-state index in [0.29, 0.717) is 16.3 Å². The molecule has 21 heavy (non-hydrogen) atoms. The number of halogens is 2. The quantitative estimate of drug-likeness (QED) is 0.705. The van der Waals surface area contributed by atoms with Gasteiger partial charge in [0, 0.05) is 27.3 Å². The van der Waals surface area contributed by atoms with Crippen molar-refractivity contribution in [3.05, 3.63) is 69.8 Å². The molecule has 0 spiro atoms. The van der Waals surface area contributed by atoms with Gasteiger partial charge in [-0.3, -0.25) is 9.78 Å². The van der Waals surface area contributed by atoms with Crippen LogP contribution in [0.2, 0.25) is 5.02 Å². The van der Waals surface area contributed by atoms with Crippen molar-refractivity contribution in [3.63, 3.8) is 0 Å². The number of hydrogen-bond donors (Lipinski definition) is 1. The fourth-order valence-electron chi connectivity index (χ4n) is 1.99. The maximum atomic E-state index is 12.3. The topological polar surface area (TPSA) is 42.0 Å². The Morgan fingerprint density at radius 1 is 1.14 bits per heavy atom. The van der Waals surface area contributed by atoms with Crippen LogP contribution >= 0.6 is 27.5 Å². The SMILES string of the molecule is O=C(Nc1ccc(Cl)c(Br)c1)c1ccc2ncccc2c1. The first-order valence-electron chi connectivity index (χ1n) is 6.25. The molecule has 0 aliphatic carbocycles. The first kappa shape index (κ1) is 14.0. The molecule has 0 atom stereocenters. The monoisotopic (exact) mass is 360 g/mol. The number of hydrogen-bond acceptors (Lipinski definition) is 2. The van der Waals surface area contributed by atoms with Crippen molar-refractivity contribution in [1.82, 2.24) is 4.98 Å². The minimum Gasteiger partial charge on any atom is -0.322 e. The lowest BCUT2D eigenvalue weighted by Gasteiger charge is -2.07. The van der Waals surface area contributed by atoms with Crippen LogP contribution in [0.1, 0.15) is 10.4 Å². The molecule has 1 aromatic heterocycles. The van der Waals surface area contributed by atoms with Crippen LogP contribution in [0.3, 0.4) is 0 Å². The third kappa shape index (κ3) is 3.06. The second-order valence-electron chi connectivity index (χ2n) is 4.49. The molecule has 0 bridgehead atoms. The maximum absolute atomic E-state index is 12.3. The van der Waals surface area contributed by atoms with Crippen molar-refractivity contribution in [2.75, 3.05) is 5.32 Å². The largest absolute Gasteiger partial charge is 0.322 e. The zero-order valence-electron chi connectivity index (χ0n) is 10.8. The fraction of sp³-hybridized carbons (Fsp3) is 0. The van der Waals surface area contributed by atoms with Gasteiger partial charge >= 0.3 is 0 Å². The maximum Gasteiger partial charge on any atom is 0.255 e. The van der Waals surface area contributed by atoms with Gasteiger partial charge in [0.15, 0.2) is 0 Å². The molecule has 104 valence electrons. The Morgan fingerprint density at radius 2 is 2.00 bits per heavy atom. The highest BCUT2D eigenvalue weighted by atomic mass is 79.9. The summed E-state index contributed by atoms with van der Waals surface area (Å²) < 4.78 is 0.740. The highest BCUT2D eigenvalue weighted by molar-refractivity contribution is 9.10. The Balaban J connectivity index is 1.87. The number of fused-ring (bicyclic) bond motifs is 1. The van der Waals surface area contributed by atoms with Crippen LogP contribution in [0.4, 0.5) is 5.69 Å². The number of benzene rings is 2. The molecular weight excluding hydrogens is 352 g/mol. The number of anilines is 1. The van der Waals surface area contributed by atoms with Crippen molar-refractivity contribution < 1.29 is 4.79 Å². The molecular formula is C16H10BrClN2O. The number of pyridine rings is 1. The molecule has 3 nitrogen and oxygen atoms in total. The third-order valence-corrected chi connectivity index (χ3v) is 4.26. The molecule has 2 aromatic carbocycles. The van der Waals surface area contributed by atoms with Gasteiger partial charge < -0.3 is 5.32 Å². The van der Waals surface area contributed by atoms with E-state index in [0.717, 1.165) is 15.4 Å². The summed E-state index contributed by atoms with van der Waals surface area (Å²) in [4.78, 5) is 16.5. The lowest BCUT2D eigenvalue weighted by Crippen LogP contribution is -2.11. The van der Waals surface area contributed by atoms with Crippen LogP contribution in [0.25, 0.3) is 10.9 Å². The lowest BCUT2D eigenvalue weighted by atomic mass is 10.1. The van der Waals surface area contributed by atoms with E-state index in [1.807, 2.05) is 24.3 Å². The number of nitrogens with zero attached hydrogens (tertiary/aromatic N) is 1. The van der Waals surface area contributed by atoms with Gasteiger partial charge in [-0.25, -0.2) is 0 Å². The predicted molar refractivity (Wildman–Crippen MR) is 88.8 cm³/mol. The Labute approximate surface area is 135 Å². The van der Waals surface area contributed by atoms with Crippen LogP contribution in [0.5, 0.6) is 0 Å². The highest BCUT2D eigenvalue weighted by Crippen LogP contribution is 2.26. The van der Waals surface area contributed by atoms with Crippen LogP contribution in [-0.4, -0.2) is 10.9 Å². The minimum absolute atomic E-state index is 0.171. The van der Waals surface area contributed by atoms with E-state index in [-0.39, 0.29) is 5.91 Å². The predicted octanol–water partition coefficient (Wildman–Crippen LogP) is 4.90. The van der Waals surface area contributed by atoms with Gasteiger partial charge in [0.25, 0.3) is 5.91 Å². The average Bonchev–Trinajstić information content (AvgIpc) is 2.50. The molecule has 3 rings (SSSR count). The summed E-state index contributed by atoms with van der Waals surface area (Å²) in [6.07, 6.45) is 1.73. The van der Waals surface area contributed by atoms with Gasteiger partial charge in [0.2, 0.25) is 0 Å². The Morgan fingerprint density at radius 3 is 2.81 bits per heavy atom. The normalized spacial score (nSPS) is 10.6. The van der Waals surface area contributed by atoms with E-state index in [2.05, 4.69) is 26.2 Å². The van der Waals surface area contributed by atoms with Gasteiger partial charge in [-0.2, -0.15) is 0 Å². The summed E-state index contributed by atoms with van der Waals surface area (Å²) in [5, 5.41) is 4.38. The molecule has 0 unspecified atom stereocenters. The second kappa shape index (κ2) is 5.84. The Kier molecular flexibility index (Phi) is 3.90. The zero-order valence-corrected chi connectivity index (χ0v) is 13.1. The fourth-order valence-corrected chi connectivity index (χ4v) is 2.49. The molecule has 1 amide bonds. The molecule has 1 heterocycles. The molecule has 5 heteroatoms. The van der Waals surface area contributed by atoms with Gasteiger partial charge in [-0.15, -0.1) is 0 Å².